The van der Waals surface area contributed by atoms with Crippen molar-refractivity contribution in [1.82, 2.24) is 14.9 Å². The molecule has 0 bridgehead atoms. The Bertz CT molecular complexity index is 518. The van der Waals surface area contributed by atoms with Crippen LogP contribution >= 0.6 is 0 Å². The van der Waals surface area contributed by atoms with Crippen molar-refractivity contribution in [2.75, 3.05) is 31.5 Å². The van der Waals surface area contributed by atoms with Crippen LogP contribution in [0.2, 0.25) is 0 Å². The summed E-state index contributed by atoms with van der Waals surface area (Å²) in [6.45, 7) is 4.54. The molecule has 3 heterocycles. The van der Waals surface area contributed by atoms with Gasteiger partial charge in [0.2, 0.25) is 0 Å². The molecule has 1 aliphatic heterocycles. The van der Waals surface area contributed by atoms with Gasteiger partial charge >= 0.3 is 0 Å². The minimum Gasteiger partial charge on any atom is -0.369 e. The summed E-state index contributed by atoms with van der Waals surface area (Å²) < 4.78 is 0. The summed E-state index contributed by atoms with van der Waals surface area (Å²) in [5.41, 5.74) is 2.01. The molecule has 4 nitrogen and oxygen atoms in total. The van der Waals surface area contributed by atoms with Gasteiger partial charge in [-0.3, -0.25) is 4.98 Å². The third kappa shape index (κ3) is 3.33. The van der Waals surface area contributed by atoms with E-state index >= 15 is 0 Å². The van der Waals surface area contributed by atoms with Crippen molar-refractivity contribution < 1.29 is 0 Å². The lowest BCUT2D eigenvalue weighted by molar-refractivity contribution is 0.352. The number of nitrogens with zero attached hydrogens (tertiary/aromatic N) is 3. The van der Waals surface area contributed by atoms with Gasteiger partial charge in [0, 0.05) is 31.0 Å². The first-order valence-electron chi connectivity index (χ1n) is 7.25. The Morgan fingerprint density at radius 2 is 1.95 bits per heavy atom. The molecular formula is C16H20N4. The summed E-state index contributed by atoms with van der Waals surface area (Å²) in [7, 11) is 0. The Labute approximate surface area is 119 Å². The Morgan fingerprint density at radius 3 is 2.65 bits per heavy atom. The summed E-state index contributed by atoms with van der Waals surface area (Å²) in [5, 5.41) is 3.38. The lowest BCUT2D eigenvalue weighted by atomic mass is 10.2. The van der Waals surface area contributed by atoms with Crippen LogP contribution < -0.4 is 5.32 Å². The van der Waals surface area contributed by atoms with Crippen molar-refractivity contribution in [2.45, 2.75) is 12.8 Å². The van der Waals surface area contributed by atoms with E-state index in [1.807, 2.05) is 30.5 Å². The Balaban J connectivity index is 1.53. The van der Waals surface area contributed by atoms with E-state index in [2.05, 4.69) is 26.3 Å². The van der Waals surface area contributed by atoms with Crippen LogP contribution in [0.1, 0.15) is 12.8 Å². The van der Waals surface area contributed by atoms with Gasteiger partial charge in [-0.1, -0.05) is 6.07 Å². The van der Waals surface area contributed by atoms with Crippen molar-refractivity contribution in [3.8, 4) is 11.3 Å². The molecule has 0 atom stereocenters. The molecule has 4 heteroatoms. The molecule has 2 aromatic heterocycles. The molecule has 0 aliphatic carbocycles. The molecule has 0 aromatic carbocycles. The van der Waals surface area contributed by atoms with Gasteiger partial charge in [-0.2, -0.15) is 0 Å². The number of likely N-dealkylation sites (tertiary alicyclic amines) is 1. The predicted octanol–water partition coefficient (Wildman–Crippen LogP) is 2.65. The lowest BCUT2D eigenvalue weighted by Crippen LogP contribution is -2.26. The van der Waals surface area contributed by atoms with Gasteiger partial charge in [0.15, 0.2) is 0 Å². The maximum atomic E-state index is 4.45. The van der Waals surface area contributed by atoms with E-state index in [0.717, 1.165) is 30.2 Å². The van der Waals surface area contributed by atoms with E-state index in [9.17, 15) is 0 Å². The minimum atomic E-state index is 0.934. The van der Waals surface area contributed by atoms with E-state index in [-0.39, 0.29) is 0 Å². The second-order valence-corrected chi connectivity index (χ2v) is 5.12. The van der Waals surface area contributed by atoms with Gasteiger partial charge in [-0.05, 0) is 50.2 Å². The van der Waals surface area contributed by atoms with E-state index in [1.165, 1.54) is 25.9 Å². The average Bonchev–Trinajstić information content (AvgIpc) is 3.02. The van der Waals surface area contributed by atoms with Gasteiger partial charge < -0.3 is 10.2 Å². The zero-order valence-corrected chi connectivity index (χ0v) is 11.6. The van der Waals surface area contributed by atoms with E-state index < -0.39 is 0 Å². The smallest absolute Gasteiger partial charge is 0.125 e. The van der Waals surface area contributed by atoms with E-state index in [1.54, 1.807) is 6.20 Å². The van der Waals surface area contributed by atoms with Crippen LogP contribution in [0.5, 0.6) is 0 Å². The van der Waals surface area contributed by atoms with Crippen LogP contribution in [0, 0.1) is 0 Å². The van der Waals surface area contributed by atoms with Crippen molar-refractivity contribution in [2.24, 2.45) is 0 Å². The van der Waals surface area contributed by atoms with Gasteiger partial charge in [-0.15, -0.1) is 0 Å². The van der Waals surface area contributed by atoms with Crippen molar-refractivity contribution in [3.05, 3.63) is 42.7 Å². The molecule has 3 rings (SSSR count). The van der Waals surface area contributed by atoms with Gasteiger partial charge in [0.25, 0.3) is 0 Å². The molecule has 104 valence electrons. The fourth-order valence-corrected chi connectivity index (χ4v) is 2.53. The summed E-state index contributed by atoms with van der Waals surface area (Å²) in [6.07, 6.45) is 6.37. The molecule has 1 fully saturated rings. The first-order valence-corrected chi connectivity index (χ1v) is 7.25. The zero-order valence-electron chi connectivity index (χ0n) is 11.6. The number of aromatic nitrogens is 2. The lowest BCUT2D eigenvalue weighted by Gasteiger charge is -2.15. The van der Waals surface area contributed by atoms with Crippen LogP contribution in [0.15, 0.2) is 42.7 Å². The number of hydrogen-bond donors (Lipinski definition) is 1. The van der Waals surface area contributed by atoms with Crippen LogP contribution in [0.25, 0.3) is 11.3 Å². The summed E-state index contributed by atoms with van der Waals surface area (Å²) in [5.74, 6) is 0.934. The van der Waals surface area contributed by atoms with Crippen molar-refractivity contribution in [1.29, 1.82) is 0 Å². The van der Waals surface area contributed by atoms with Gasteiger partial charge in [0.1, 0.15) is 5.82 Å². The maximum absolute atomic E-state index is 4.45. The molecule has 0 radical (unpaired) electrons. The quantitative estimate of drug-likeness (QED) is 0.905. The first kappa shape index (κ1) is 13.1. The molecule has 0 unspecified atom stereocenters. The largest absolute Gasteiger partial charge is 0.369 e. The Kier molecular flexibility index (Phi) is 4.23. The number of pyridine rings is 2. The zero-order chi connectivity index (χ0) is 13.6. The van der Waals surface area contributed by atoms with E-state index in [0.29, 0.717) is 0 Å². The minimum absolute atomic E-state index is 0.934. The highest BCUT2D eigenvalue weighted by Crippen LogP contribution is 2.16. The Morgan fingerprint density at radius 1 is 1.05 bits per heavy atom. The van der Waals surface area contributed by atoms with Crippen LogP contribution in [0.3, 0.4) is 0 Å². The maximum Gasteiger partial charge on any atom is 0.125 e. The number of anilines is 1. The number of rotatable bonds is 5. The molecule has 0 spiro atoms. The highest BCUT2D eigenvalue weighted by molar-refractivity contribution is 5.59. The van der Waals surface area contributed by atoms with Crippen LogP contribution in [-0.4, -0.2) is 41.0 Å². The summed E-state index contributed by atoms with van der Waals surface area (Å²) in [4.78, 5) is 11.3. The number of nitrogens with one attached hydrogen (secondary N) is 1. The van der Waals surface area contributed by atoms with Crippen LogP contribution in [0.4, 0.5) is 5.82 Å². The molecule has 1 N–H and O–H groups in total. The molecule has 1 aliphatic rings. The highest BCUT2D eigenvalue weighted by Gasteiger charge is 2.10. The highest BCUT2D eigenvalue weighted by atomic mass is 15.2. The van der Waals surface area contributed by atoms with Crippen molar-refractivity contribution in [3.63, 3.8) is 0 Å². The second kappa shape index (κ2) is 6.48. The third-order valence-corrected chi connectivity index (χ3v) is 3.66. The fraction of sp³-hybridized carbons (Fsp3) is 0.375. The predicted molar refractivity (Wildman–Crippen MR) is 81.6 cm³/mol. The Hall–Kier alpha value is -1.94. The molecule has 1 saturated heterocycles. The monoisotopic (exact) mass is 268 g/mol. The molecule has 2 aromatic rings. The summed E-state index contributed by atoms with van der Waals surface area (Å²) in [6, 6.07) is 9.99. The molecule has 20 heavy (non-hydrogen) atoms. The fourth-order valence-electron chi connectivity index (χ4n) is 2.53. The topological polar surface area (TPSA) is 41.0 Å². The van der Waals surface area contributed by atoms with Gasteiger partial charge in [-0.25, -0.2) is 4.98 Å². The normalized spacial score (nSPS) is 15.4. The van der Waals surface area contributed by atoms with Crippen LogP contribution in [-0.2, 0) is 0 Å². The van der Waals surface area contributed by atoms with E-state index in [4.69, 9.17) is 0 Å². The summed E-state index contributed by atoms with van der Waals surface area (Å²) >= 11 is 0. The second-order valence-electron chi connectivity index (χ2n) is 5.12. The third-order valence-electron chi connectivity index (χ3n) is 3.66. The first-order chi connectivity index (χ1) is 9.92. The standard InChI is InChI=1S/C16H20N4/c1-2-8-17-15(5-1)14-6-7-16(19-13-14)18-9-12-20-10-3-4-11-20/h1-2,5-8,13H,3-4,9-12H2,(H,18,19). The van der Waals surface area contributed by atoms with Gasteiger partial charge in [0.05, 0.1) is 5.69 Å². The SMILES string of the molecule is c1ccc(-c2ccc(NCCN3CCCC3)nc2)nc1. The molecule has 0 saturated carbocycles. The van der Waals surface area contributed by atoms with Crippen molar-refractivity contribution >= 4 is 5.82 Å². The average molecular weight is 268 g/mol. The number of hydrogen-bond acceptors (Lipinski definition) is 4. The molecular weight excluding hydrogens is 248 g/mol. The molecule has 0 amide bonds.